The summed E-state index contributed by atoms with van der Waals surface area (Å²) in [5.74, 6) is 1.42. The van der Waals surface area contributed by atoms with E-state index in [9.17, 15) is 9.59 Å². The van der Waals surface area contributed by atoms with Crippen LogP contribution in [-0.4, -0.2) is 37.9 Å². The largest absolute Gasteiger partial charge is 0.493 e. The third kappa shape index (κ3) is 9.16. The highest BCUT2D eigenvalue weighted by Gasteiger charge is 2.15. The Morgan fingerprint density at radius 2 is 1.09 bits per heavy atom. The minimum absolute atomic E-state index is 0.0348. The lowest BCUT2D eigenvalue weighted by atomic mass is 10.1. The Labute approximate surface area is 197 Å². The fraction of sp³-hybridized carbons (Fsp3) is 0.481. The van der Waals surface area contributed by atoms with Crippen molar-refractivity contribution >= 4 is 11.9 Å². The topological polar surface area (TPSA) is 71.1 Å². The summed E-state index contributed by atoms with van der Waals surface area (Å²) in [6.07, 6.45) is 1.51. The van der Waals surface area contributed by atoms with Crippen LogP contribution < -0.4 is 9.47 Å². The van der Waals surface area contributed by atoms with Gasteiger partial charge >= 0.3 is 11.9 Å². The summed E-state index contributed by atoms with van der Waals surface area (Å²) >= 11 is 0. The summed E-state index contributed by atoms with van der Waals surface area (Å²) in [6.45, 7) is 11.4. The molecule has 2 rings (SSSR count). The average Bonchev–Trinajstić information content (AvgIpc) is 2.84. The molecule has 0 saturated carbocycles. The molecule has 33 heavy (non-hydrogen) atoms. The highest BCUT2D eigenvalue weighted by Crippen LogP contribution is 2.17. The zero-order valence-electron chi connectivity index (χ0n) is 20.3. The van der Waals surface area contributed by atoms with Crippen LogP contribution in [0.25, 0.3) is 0 Å². The number of carbonyl (C=O) groups excluding carboxylic acids is 2. The molecule has 3 unspecified atom stereocenters. The monoisotopic (exact) mass is 456 g/mol. The van der Waals surface area contributed by atoms with E-state index in [1.165, 1.54) is 0 Å². The van der Waals surface area contributed by atoms with Crippen LogP contribution in [0.1, 0.15) is 68.2 Å². The third-order valence-electron chi connectivity index (χ3n) is 5.40. The number of ether oxygens (including phenoxy) is 4. The lowest BCUT2D eigenvalue weighted by Gasteiger charge is -2.15. The van der Waals surface area contributed by atoms with Crippen molar-refractivity contribution in [2.45, 2.75) is 53.6 Å². The first-order valence-electron chi connectivity index (χ1n) is 11.7. The third-order valence-corrected chi connectivity index (χ3v) is 5.40. The highest BCUT2D eigenvalue weighted by atomic mass is 16.6. The molecule has 0 heterocycles. The van der Waals surface area contributed by atoms with E-state index < -0.39 is 18.0 Å². The van der Waals surface area contributed by atoms with Crippen LogP contribution in [0, 0.1) is 11.8 Å². The maximum atomic E-state index is 12.3. The van der Waals surface area contributed by atoms with Crippen molar-refractivity contribution in [3.8, 4) is 11.5 Å². The molecule has 3 atom stereocenters. The summed E-state index contributed by atoms with van der Waals surface area (Å²) in [7, 11) is 0. The van der Waals surface area contributed by atoms with E-state index in [4.69, 9.17) is 18.9 Å². The summed E-state index contributed by atoms with van der Waals surface area (Å²) in [5.41, 5.74) is 0.828. The first-order valence-corrected chi connectivity index (χ1v) is 11.7. The van der Waals surface area contributed by atoms with E-state index in [-0.39, 0.29) is 6.61 Å². The number of hydrogen-bond donors (Lipinski definition) is 0. The molecule has 0 spiro atoms. The van der Waals surface area contributed by atoms with Gasteiger partial charge in [0.15, 0.2) is 0 Å². The standard InChI is InChI=1S/C27H36O6/c1-6-19(3)16-30-24-12-8-22(9-13-24)26(28)32-18-21(5)33-27(29)23-10-14-25(15-11-23)31-17-20(4)7-2/h8-15,19-21H,6-7,16-18H2,1-5H3. The Morgan fingerprint density at radius 1 is 0.667 bits per heavy atom. The second kappa shape index (κ2) is 13.5. The molecule has 0 radical (unpaired) electrons. The van der Waals surface area contributed by atoms with Crippen LogP contribution in [0.15, 0.2) is 48.5 Å². The quantitative estimate of drug-likeness (QED) is 0.348. The van der Waals surface area contributed by atoms with E-state index in [1.54, 1.807) is 55.5 Å². The predicted molar refractivity (Wildman–Crippen MR) is 128 cm³/mol. The molecule has 0 saturated heterocycles. The average molecular weight is 457 g/mol. The van der Waals surface area contributed by atoms with Gasteiger partial charge in [-0.05, 0) is 67.3 Å². The smallest absolute Gasteiger partial charge is 0.338 e. The first-order chi connectivity index (χ1) is 15.8. The van der Waals surface area contributed by atoms with E-state index in [0.717, 1.165) is 12.8 Å². The van der Waals surface area contributed by atoms with Gasteiger partial charge in [-0.3, -0.25) is 0 Å². The van der Waals surface area contributed by atoms with Crippen LogP contribution >= 0.6 is 0 Å². The SMILES string of the molecule is CCC(C)COc1ccc(C(=O)OCC(C)OC(=O)c2ccc(OCC(C)CC)cc2)cc1. The van der Waals surface area contributed by atoms with Gasteiger partial charge in [-0.1, -0.05) is 40.5 Å². The normalized spacial score (nSPS) is 13.5. The maximum absolute atomic E-state index is 12.3. The molecular formula is C27H36O6. The van der Waals surface area contributed by atoms with Gasteiger partial charge in [-0.25, -0.2) is 9.59 Å². The molecule has 0 aliphatic heterocycles. The molecule has 0 fully saturated rings. The van der Waals surface area contributed by atoms with Crippen LogP contribution in [0.5, 0.6) is 11.5 Å². The van der Waals surface area contributed by atoms with Gasteiger partial charge < -0.3 is 18.9 Å². The van der Waals surface area contributed by atoms with Gasteiger partial charge in [0.25, 0.3) is 0 Å². The van der Waals surface area contributed by atoms with Crippen molar-refractivity contribution in [2.75, 3.05) is 19.8 Å². The van der Waals surface area contributed by atoms with E-state index in [0.29, 0.717) is 47.7 Å². The second-order valence-electron chi connectivity index (χ2n) is 8.51. The molecule has 6 nitrogen and oxygen atoms in total. The maximum Gasteiger partial charge on any atom is 0.338 e. The van der Waals surface area contributed by atoms with Gasteiger partial charge in [0.1, 0.15) is 24.2 Å². The summed E-state index contributed by atoms with van der Waals surface area (Å²) in [4.78, 5) is 24.6. The van der Waals surface area contributed by atoms with Crippen LogP contribution in [0.4, 0.5) is 0 Å². The van der Waals surface area contributed by atoms with Crippen molar-refractivity contribution in [3.63, 3.8) is 0 Å². The van der Waals surface area contributed by atoms with Gasteiger partial charge in [0.05, 0.1) is 24.3 Å². The number of hydrogen-bond acceptors (Lipinski definition) is 6. The Morgan fingerprint density at radius 3 is 1.52 bits per heavy atom. The van der Waals surface area contributed by atoms with Crippen LogP contribution in [-0.2, 0) is 9.47 Å². The van der Waals surface area contributed by atoms with Gasteiger partial charge in [0.2, 0.25) is 0 Å². The van der Waals surface area contributed by atoms with Gasteiger partial charge in [-0.2, -0.15) is 0 Å². The zero-order chi connectivity index (χ0) is 24.2. The molecule has 0 aromatic heterocycles. The fourth-order valence-electron chi connectivity index (χ4n) is 2.65. The Balaban J connectivity index is 1.77. The first kappa shape index (κ1) is 26.2. The summed E-state index contributed by atoms with van der Waals surface area (Å²) < 4.78 is 22.1. The highest BCUT2D eigenvalue weighted by molar-refractivity contribution is 5.90. The number of carbonyl (C=O) groups is 2. The number of esters is 2. The molecule has 2 aromatic rings. The predicted octanol–water partition coefficient (Wildman–Crippen LogP) is 5.94. The Kier molecular flexibility index (Phi) is 10.7. The number of benzene rings is 2. The van der Waals surface area contributed by atoms with E-state index in [1.807, 2.05) is 0 Å². The van der Waals surface area contributed by atoms with Crippen LogP contribution in [0.2, 0.25) is 0 Å². The fourth-order valence-corrected chi connectivity index (χ4v) is 2.65. The molecule has 6 heteroatoms. The molecular weight excluding hydrogens is 420 g/mol. The molecule has 0 N–H and O–H groups in total. The van der Waals surface area contributed by atoms with Crippen molar-refractivity contribution in [1.29, 1.82) is 0 Å². The van der Waals surface area contributed by atoms with Crippen molar-refractivity contribution in [2.24, 2.45) is 11.8 Å². The summed E-state index contributed by atoms with van der Waals surface area (Å²) in [5, 5.41) is 0. The van der Waals surface area contributed by atoms with Gasteiger partial charge in [-0.15, -0.1) is 0 Å². The Bertz CT molecular complexity index is 859. The molecule has 180 valence electrons. The minimum atomic E-state index is -0.582. The number of rotatable bonds is 13. The molecule has 0 aliphatic carbocycles. The van der Waals surface area contributed by atoms with E-state index >= 15 is 0 Å². The minimum Gasteiger partial charge on any atom is -0.493 e. The van der Waals surface area contributed by atoms with Crippen LogP contribution in [0.3, 0.4) is 0 Å². The van der Waals surface area contributed by atoms with Crippen molar-refractivity contribution < 1.29 is 28.5 Å². The Hall–Kier alpha value is -3.02. The molecule has 0 amide bonds. The van der Waals surface area contributed by atoms with E-state index in [2.05, 4.69) is 27.7 Å². The van der Waals surface area contributed by atoms with Crippen molar-refractivity contribution in [1.82, 2.24) is 0 Å². The zero-order valence-corrected chi connectivity index (χ0v) is 20.3. The summed E-state index contributed by atoms with van der Waals surface area (Å²) in [6, 6.07) is 13.7. The second-order valence-corrected chi connectivity index (χ2v) is 8.51. The lowest BCUT2D eigenvalue weighted by Crippen LogP contribution is -2.22. The van der Waals surface area contributed by atoms with Crippen molar-refractivity contribution in [3.05, 3.63) is 59.7 Å². The lowest BCUT2D eigenvalue weighted by molar-refractivity contribution is 0.00447. The molecule has 0 bridgehead atoms. The molecule has 2 aromatic carbocycles. The van der Waals surface area contributed by atoms with Gasteiger partial charge in [0, 0.05) is 0 Å². The molecule has 0 aliphatic rings.